The molecule has 0 aliphatic rings. The van der Waals surface area contributed by atoms with Gasteiger partial charge in [0.25, 0.3) is 0 Å². The number of carboxylic acids is 1. The van der Waals surface area contributed by atoms with Crippen LogP contribution in [-0.4, -0.2) is 55.7 Å². The average molecular weight is 654 g/mol. The van der Waals surface area contributed by atoms with Gasteiger partial charge in [0.15, 0.2) is 11.9 Å². The van der Waals surface area contributed by atoms with E-state index >= 15 is 0 Å². The van der Waals surface area contributed by atoms with Crippen molar-refractivity contribution in [1.82, 2.24) is 20.2 Å². The molecule has 2 atom stereocenters. The Morgan fingerprint density at radius 2 is 1.46 bits per heavy atom. The van der Waals surface area contributed by atoms with Crippen molar-refractivity contribution >= 4 is 29.7 Å². The number of imidazole rings is 1. The summed E-state index contributed by atoms with van der Waals surface area (Å²) >= 11 is 0. The minimum atomic E-state index is -1.40. The molecule has 4 rings (SSSR count). The van der Waals surface area contributed by atoms with Gasteiger partial charge in [-0.15, -0.1) is 0 Å². The second kappa shape index (κ2) is 15.4. The highest BCUT2D eigenvalue weighted by Crippen LogP contribution is 2.25. The first kappa shape index (κ1) is 35.4. The van der Waals surface area contributed by atoms with Crippen molar-refractivity contribution in [2.45, 2.75) is 77.1 Å². The molecule has 0 spiro atoms. The van der Waals surface area contributed by atoms with Gasteiger partial charge in [0, 0.05) is 6.20 Å². The van der Waals surface area contributed by atoms with E-state index in [4.69, 9.17) is 4.74 Å². The van der Waals surface area contributed by atoms with Crippen LogP contribution in [0.25, 0.3) is 11.1 Å². The van der Waals surface area contributed by atoms with Gasteiger partial charge < -0.3 is 30.4 Å². The third-order valence-electron chi connectivity index (χ3n) is 7.52. The van der Waals surface area contributed by atoms with E-state index in [0.717, 1.165) is 16.7 Å². The van der Waals surface area contributed by atoms with Crippen molar-refractivity contribution in [2.24, 2.45) is 0 Å². The summed E-state index contributed by atoms with van der Waals surface area (Å²) < 4.78 is 6.71. The number of alkyl carbamates (subject to hydrolysis) is 1. The highest BCUT2D eigenvalue weighted by atomic mass is 16.6. The molecule has 48 heavy (non-hydrogen) atoms. The Hall–Kier alpha value is -5.45. The first-order valence-corrected chi connectivity index (χ1v) is 15.8. The fourth-order valence-corrected chi connectivity index (χ4v) is 5.06. The Morgan fingerprint density at radius 3 is 2.06 bits per heavy atom. The van der Waals surface area contributed by atoms with Crippen molar-refractivity contribution in [2.75, 3.05) is 5.32 Å². The van der Waals surface area contributed by atoms with Gasteiger partial charge >= 0.3 is 12.1 Å². The zero-order chi connectivity index (χ0) is 34.9. The lowest BCUT2D eigenvalue weighted by molar-refractivity contribution is -0.139. The fourth-order valence-electron chi connectivity index (χ4n) is 5.06. The van der Waals surface area contributed by atoms with Gasteiger partial charge in [-0.05, 0) is 76.1 Å². The van der Waals surface area contributed by atoms with E-state index in [0.29, 0.717) is 24.8 Å². The maximum Gasteiger partial charge on any atom is 0.408 e. The monoisotopic (exact) mass is 653 g/mol. The molecule has 0 radical (unpaired) electrons. The predicted octanol–water partition coefficient (Wildman–Crippen LogP) is 5.97. The Labute approximate surface area is 280 Å². The maximum atomic E-state index is 13.6. The third-order valence-corrected chi connectivity index (χ3v) is 7.52. The summed E-state index contributed by atoms with van der Waals surface area (Å²) in [7, 11) is 0. The molecule has 0 saturated heterocycles. The summed E-state index contributed by atoms with van der Waals surface area (Å²) in [6.07, 6.45) is 3.58. The van der Waals surface area contributed by atoms with Crippen LogP contribution >= 0.6 is 0 Å². The number of carbonyl (C=O) groups is 4. The van der Waals surface area contributed by atoms with Crippen LogP contribution in [0.5, 0.6) is 0 Å². The number of nitrogens with one attached hydrogen (secondary N) is 3. The van der Waals surface area contributed by atoms with Gasteiger partial charge in [0.1, 0.15) is 17.2 Å². The molecular formula is C37H43N5O6. The van der Waals surface area contributed by atoms with Gasteiger partial charge in [-0.2, -0.15) is 0 Å². The number of aryl methyl sites for hydroxylation is 1. The summed E-state index contributed by atoms with van der Waals surface area (Å²) in [6.45, 7) is 8.19. The quantitative estimate of drug-likeness (QED) is 0.139. The van der Waals surface area contributed by atoms with E-state index in [2.05, 4.69) is 20.9 Å². The van der Waals surface area contributed by atoms with Gasteiger partial charge in [-0.1, -0.05) is 84.9 Å². The first-order chi connectivity index (χ1) is 22.7. The summed E-state index contributed by atoms with van der Waals surface area (Å²) in [5.74, 6) is -2.08. The van der Waals surface area contributed by atoms with Crippen LogP contribution in [-0.2, 0) is 25.5 Å². The largest absolute Gasteiger partial charge is 0.479 e. The molecule has 4 aromatic rings. The standard InChI is InChI=1S/C37H43N5O6/c1-36(2,3)48-35(47)41-37(4,5)34(46)39-29(18-12-15-25-13-8-6-9-14-25)32(43)40-30-23-42(24-38-30)31(33(44)45)28-21-19-27(20-22-28)26-16-10-7-11-17-26/h6-11,13-14,16-17,19-24,29,31H,12,15,18H2,1-5H3,(H,39,46)(H,40,43)(H,41,47)(H,44,45)/t29-,31?/m1/s1. The second-order valence-electron chi connectivity index (χ2n) is 13.1. The lowest BCUT2D eigenvalue weighted by Gasteiger charge is -2.29. The van der Waals surface area contributed by atoms with Crippen LogP contribution < -0.4 is 16.0 Å². The molecule has 1 aromatic heterocycles. The van der Waals surface area contributed by atoms with Crippen molar-refractivity contribution in [1.29, 1.82) is 0 Å². The predicted molar refractivity (Wildman–Crippen MR) is 183 cm³/mol. The molecule has 1 heterocycles. The second-order valence-corrected chi connectivity index (χ2v) is 13.1. The van der Waals surface area contributed by atoms with Crippen LogP contribution in [0.3, 0.4) is 0 Å². The lowest BCUT2D eigenvalue weighted by atomic mass is 10.0. The SMILES string of the molecule is CC(C)(C)OC(=O)NC(C)(C)C(=O)N[C@H](CCCc1ccccc1)C(=O)Nc1cn(C(C(=O)O)c2ccc(-c3ccccc3)cc2)cn1. The molecule has 11 heteroatoms. The number of anilines is 1. The Bertz CT molecular complexity index is 1700. The number of amides is 3. The van der Waals surface area contributed by atoms with Crippen LogP contribution in [0.2, 0.25) is 0 Å². The molecule has 252 valence electrons. The molecule has 0 fully saturated rings. The number of benzene rings is 3. The van der Waals surface area contributed by atoms with Gasteiger partial charge in [0.05, 0.1) is 6.33 Å². The topological polar surface area (TPSA) is 152 Å². The molecule has 3 amide bonds. The number of nitrogens with zero attached hydrogens (tertiary/aromatic N) is 2. The van der Waals surface area contributed by atoms with Crippen LogP contribution in [0, 0.1) is 0 Å². The highest BCUT2D eigenvalue weighted by molar-refractivity contribution is 5.98. The van der Waals surface area contributed by atoms with Gasteiger partial charge in [-0.3, -0.25) is 9.59 Å². The number of hydrogen-bond acceptors (Lipinski definition) is 6. The Morgan fingerprint density at radius 1 is 0.854 bits per heavy atom. The van der Waals surface area contributed by atoms with E-state index in [1.807, 2.05) is 72.8 Å². The molecular weight excluding hydrogens is 610 g/mol. The van der Waals surface area contributed by atoms with Gasteiger partial charge in [-0.25, -0.2) is 14.6 Å². The Balaban J connectivity index is 1.48. The van der Waals surface area contributed by atoms with E-state index in [1.165, 1.54) is 30.9 Å². The first-order valence-electron chi connectivity index (χ1n) is 15.8. The van der Waals surface area contributed by atoms with E-state index < -0.39 is 47.1 Å². The number of aromatic nitrogens is 2. The molecule has 4 N–H and O–H groups in total. The molecule has 0 aliphatic heterocycles. The molecule has 1 unspecified atom stereocenters. The van der Waals surface area contributed by atoms with Crippen molar-refractivity contribution in [3.63, 3.8) is 0 Å². The molecule has 11 nitrogen and oxygen atoms in total. The number of aliphatic carboxylic acids is 1. The normalized spacial score (nSPS) is 12.8. The molecule has 0 bridgehead atoms. The fraction of sp³-hybridized carbons (Fsp3) is 0.324. The number of carboxylic acid groups (broad SMARTS) is 1. The highest BCUT2D eigenvalue weighted by Gasteiger charge is 2.34. The molecule has 0 saturated carbocycles. The van der Waals surface area contributed by atoms with Crippen molar-refractivity contribution in [3.8, 4) is 11.1 Å². The summed E-state index contributed by atoms with van der Waals surface area (Å²) in [5, 5.41) is 18.2. The average Bonchev–Trinajstić information content (AvgIpc) is 3.47. The van der Waals surface area contributed by atoms with Crippen LogP contribution in [0.1, 0.15) is 64.6 Å². The minimum absolute atomic E-state index is 0.126. The number of rotatable bonds is 13. The molecule has 3 aromatic carbocycles. The number of ether oxygens (including phenoxy) is 1. The van der Waals surface area contributed by atoms with Gasteiger partial charge in [0.2, 0.25) is 11.8 Å². The van der Waals surface area contributed by atoms with E-state index in [1.54, 1.807) is 32.9 Å². The van der Waals surface area contributed by atoms with Crippen LogP contribution in [0.15, 0.2) is 97.5 Å². The van der Waals surface area contributed by atoms with E-state index in [9.17, 15) is 24.3 Å². The lowest BCUT2D eigenvalue weighted by Crippen LogP contribution is -2.58. The maximum absolute atomic E-state index is 13.6. The zero-order valence-corrected chi connectivity index (χ0v) is 27.9. The minimum Gasteiger partial charge on any atom is -0.479 e. The van der Waals surface area contributed by atoms with E-state index in [-0.39, 0.29) is 5.82 Å². The summed E-state index contributed by atoms with van der Waals surface area (Å²) in [4.78, 5) is 56.0. The summed E-state index contributed by atoms with van der Waals surface area (Å²) in [5.41, 5.74) is 1.43. The van der Waals surface area contributed by atoms with Crippen LogP contribution in [0.4, 0.5) is 10.6 Å². The van der Waals surface area contributed by atoms with Crippen molar-refractivity contribution < 1.29 is 29.0 Å². The van der Waals surface area contributed by atoms with Crippen molar-refractivity contribution in [3.05, 3.63) is 109 Å². The third kappa shape index (κ3) is 10.0. The molecule has 0 aliphatic carbocycles. The zero-order valence-electron chi connectivity index (χ0n) is 27.9. The number of carbonyl (C=O) groups excluding carboxylic acids is 3. The summed E-state index contributed by atoms with van der Waals surface area (Å²) in [6, 6.07) is 24.7. The smallest absolute Gasteiger partial charge is 0.408 e. The number of hydrogen-bond donors (Lipinski definition) is 4. The Kier molecular flexibility index (Phi) is 11.4.